The Labute approximate surface area is 82.6 Å². The third-order valence-corrected chi connectivity index (χ3v) is 3.53. The van der Waals surface area contributed by atoms with E-state index in [9.17, 15) is 8.42 Å². The maximum atomic E-state index is 11.4. The van der Waals surface area contributed by atoms with Crippen molar-refractivity contribution in [2.24, 2.45) is 0 Å². The molecule has 0 amide bonds. The van der Waals surface area contributed by atoms with Gasteiger partial charge in [0.15, 0.2) is 0 Å². The summed E-state index contributed by atoms with van der Waals surface area (Å²) in [6.07, 6.45) is 3.18. The number of nitrogens with one attached hydrogen (secondary N) is 1. The first kappa shape index (κ1) is 11.2. The molecule has 1 aromatic rings. The lowest BCUT2D eigenvalue weighted by Gasteiger charge is -2.14. The van der Waals surface area contributed by atoms with Gasteiger partial charge in [-0.25, -0.2) is 13.4 Å². The molecule has 0 bridgehead atoms. The molecule has 0 unspecified atom stereocenters. The van der Waals surface area contributed by atoms with Crippen molar-refractivity contribution in [3.05, 3.63) is 18.2 Å². The van der Waals surface area contributed by atoms with Crippen molar-refractivity contribution in [2.75, 3.05) is 19.4 Å². The number of aromatic nitrogens is 2. The second-order valence-electron chi connectivity index (χ2n) is 2.83. The number of hydrogen-bond acceptors (Lipinski definition) is 4. The summed E-state index contributed by atoms with van der Waals surface area (Å²) < 4.78 is 23.9. The van der Waals surface area contributed by atoms with Gasteiger partial charge in [0.05, 0.1) is 18.9 Å². The minimum absolute atomic E-state index is 0.190. The van der Waals surface area contributed by atoms with Crippen LogP contribution in [0.3, 0.4) is 0 Å². The van der Waals surface area contributed by atoms with Crippen molar-refractivity contribution in [1.82, 2.24) is 14.3 Å². The molecule has 0 radical (unpaired) electrons. The van der Waals surface area contributed by atoms with E-state index in [1.165, 1.54) is 7.05 Å². The van der Waals surface area contributed by atoms with Crippen LogP contribution in [-0.2, 0) is 16.6 Å². The van der Waals surface area contributed by atoms with Gasteiger partial charge < -0.3 is 10.1 Å². The number of aromatic amines is 1. The second kappa shape index (κ2) is 4.54. The molecule has 1 aromatic heterocycles. The summed E-state index contributed by atoms with van der Waals surface area (Å²) in [7, 11) is -1.91. The average molecular weight is 219 g/mol. The van der Waals surface area contributed by atoms with Crippen molar-refractivity contribution >= 4 is 10.0 Å². The number of H-pyrrole nitrogens is 1. The average Bonchev–Trinajstić information content (AvgIpc) is 2.56. The van der Waals surface area contributed by atoms with Gasteiger partial charge in [0.1, 0.15) is 5.82 Å². The van der Waals surface area contributed by atoms with Crippen LogP contribution in [0.4, 0.5) is 0 Å². The van der Waals surface area contributed by atoms with Crippen LogP contribution >= 0.6 is 0 Å². The number of nitrogens with zero attached hydrogens (tertiary/aromatic N) is 2. The topological polar surface area (TPSA) is 86.3 Å². The monoisotopic (exact) mass is 219 g/mol. The summed E-state index contributed by atoms with van der Waals surface area (Å²) >= 11 is 0. The standard InChI is InChI=1S/C7H13N3O3S/c1-10(14(12,13)5-4-11)6-7-8-2-3-9-7/h2-3,11H,4-6H2,1H3,(H,8,9). The van der Waals surface area contributed by atoms with Crippen LogP contribution in [0.2, 0.25) is 0 Å². The van der Waals surface area contributed by atoms with Gasteiger partial charge in [0.2, 0.25) is 10.0 Å². The number of sulfonamides is 1. The molecule has 1 heterocycles. The first-order chi connectivity index (χ1) is 6.56. The van der Waals surface area contributed by atoms with Crippen molar-refractivity contribution in [3.63, 3.8) is 0 Å². The Morgan fingerprint density at radius 3 is 2.86 bits per heavy atom. The normalized spacial score (nSPS) is 12.2. The molecule has 80 valence electrons. The minimum Gasteiger partial charge on any atom is -0.395 e. The molecule has 0 aromatic carbocycles. The number of hydrogen-bond donors (Lipinski definition) is 2. The van der Waals surface area contributed by atoms with Gasteiger partial charge in [-0.2, -0.15) is 4.31 Å². The lowest BCUT2D eigenvalue weighted by molar-refractivity contribution is 0.315. The first-order valence-corrected chi connectivity index (χ1v) is 5.70. The SMILES string of the molecule is CN(Cc1ncc[nH]1)S(=O)(=O)CCO. The largest absolute Gasteiger partial charge is 0.395 e. The zero-order valence-corrected chi connectivity index (χ0v) is 8.66. The Morgan fingerprint density at radius 2 is 2.36 bits per heavy atom. The summed E-state index contributed by atoms with van der Waals surface area (Å²) in [6, 6.07) is 0. The molecule has 0 saturated carbocycles. The van der Waals surface area contributed by atoms with Crippen molar-refractivity contribution in [1.29, 1.82) is 0 Å². The Kier molecular flexibility index (Phi) is 3.62. The Morgan fingerprint density at radius 1 is 1.64 bits per heavy atom. The summed E-state index contributed by atoms with van der Waals surface area (Å²) in [5.41, 5.74) is 0. The van der Waals surface area contributed by atoms with Crippen molar-refractivity contribution in [2.45, 2.75) is 6.54 Å². The lowest BCUT2D eigenvalue weighted by atomic mass is 10.6. The fourth-order valence-electron chi connectivity index (χ4n) is 0.965. The molecule has 2 N–H and O–H groups in total. The van der Waals surface area contributed by atoms with E-state index in [-0.39, 0.29) is 18.9 Å². The van der Waals surface area contributed by atoms with Crippen LogP contribution in [0, 0.1) is 0 Å². The number of rotatable bonds is 5. The molecular weight excluding hydrogens is 206 g/mol. The van der Waals surface area contributed by atoms with Gasteiger partial charge in [-0.3, -0.25) is 0 Å². The highest BCUT2D eigenvalue weighted by Crippen LogP contribution is 2.02. The zero-order valence-electron chi connectivity index (χ0n) is 7.84. The van der Waals surface area contributed by atoms with E-state index in [1.54, 1.807) is 12.4 Å². The van der Waals surface area contributed by atoms with Gasteiger partial charge in [-0.1, -0.05) is 0 Å². The minimum atomic E-state index is -3.36. The molecule has 0 spiro atoms. The third kappa shape index (κ3) is 2.79. The van der Waals surface area contributed by atoms with E-state index in [0.29, 0.717) is 5.82 Å². The summed E-state index contributed by atoms with van der Waals surface area (Å²) in [5.74, 6) is 0.318. The molecular formula is C7H13N3O3S. The van der Waals surface area contributed by atoms with Gasteiger partial charge in [0, 0.05) is 19.4 Å². The van der Waals surface area contributed by atoms with E-state index < -0.39 is 10.0 Å². The highest BCUT2D eigenvalue weighted by molar-refractivity contribution is 7.89. The summed E-state index contributed by atoms with van der Waals surface area (Å²) in [5, 5.41) is 8.55. The maximum absolute atomic E-state index is 11.4. The number of imidazole rings is 1. The van der Waals surface area contributed by atoms with Gasteiger partial charge in [-0.05, 0) is 0 Å². The zero-order chi connectivity index (χ0) is 10.6. The van der Waals surface area contributed by atoms with E-state index >= 15 is 0 Å². The van der Waals surface area contributed by atoms with Crippen LogP contribution < -0.4 is 0 Å². The van der Waals surface area contributed by atoms with Crippen molar-refractivity contribution in [3.8, 4) is 0 Å². The van der Waals surface area contributed by atoms with E-state index in [0.717, 1.165) is 4.31 Å². The highest BCUT2D eigenvalue weighted by atomic mass is 32.2. The van der Waals surface area contributed by atoms with Crippen LogP contribution in [0.1, 0.15) is 5.82 Å². The van der Waals surface area contributed by atoms with Crippen molar-refractivity contribution < 1.29 is 13.5 Å². The Bertz CT molecular complexity index is 360. The molecule has 0 aliphatic rings. The van der Waals surface area contributed by atoms with Crippen LogP contribution in [0.25, 0.3) is 0 Å². The molecule has 1 rings (SSSR count). The third-order valence-electron chi connectivity index (χ3n) is 1.75. The second-order valence-corrected chi connectivity index (χ2v) is 5.03. The molecule has 0 aliphatic carbocycles. The lowest BCUT2D eigenvalue weighted by Crippen LogP contribution is -2.30. The van der Waals surface area contributed by atoms with Crippen LogP contribution in [0.5, 0.6) is 0 Å². The molecule has 7 heteroatoms. The summed E-state index contributed by atoms with van der Waals surface area (Å²) in [4.78, 5) is 6.71. The fourth-order valence-corrected chi connectivity index (χ4v) is 1.83. The molecule has 0 saturated heterocycles. The number of aliphatic hydroxyl groups excluding tert-OH is 1. The molecule has 0 atom stereocenters. The smallest absolute Gasteiger partial charge is 0.216 e. The Hall–Kier alpha value is -0.920. The fraction of sp³-hybridized carbons (Fsp3) is 0.571. The summed E-state index contributed by atoms with van der Waals surface area (Å²) in [6.45, 7) is -0.180. The van der Waals surface area contributed by atoms with Gasteiger partial charge in [0.25, 0.3) is 0 Å². The van der Waals surface area contributed by atoms with E-state index in [1.807, 2.05) is 0 Å². The molecule has 6 nitrogen and oxygen atoms in total. The first-order valence-electron chi connectivity index (χ1n) is 4.09. The highest BCUT2D eigenvalue weighted by Gasteiger charge is 2.17. The molecule has 14 heavy (non-hydrogen) atoms. The maximum Gasteiger partial charge on any atom is 0.216 e. The van der Waals surface area contributed by atoms with Gasteiger partial charge >= 0.3 is 0 Å². The van der Waals surface area contributed by atoms with Crippen LogP contribution in [0.15, 0.2) is 12.4 Å². The Balaban J connectivity index is 2.62. The van der Waals surface area contributed by atoms with Gasteiger partial charge in [-0.15, -0.1) is 0 Å². The van der Waals surface area contributed by atoms with Crippen LogP contribution in [-0.4, -0.2) is 47.2 Å². The molecule has 0 aliphatic heterocycles. The van der Waals surface area contributed by atoms with E-state index in [2.05, 4.69) is 9.97 Å². The van der Waals surface area contributed by atoms with E-state index in [4.69, 9.17) is 5.11 Å². The molecule has 0 fully saturated rings. The predicted octanol–water partition coefficient (Wildman–Crippen LogP) is -0.836. The predicted molar refractivity (Wildman–Crippen MR) is 50.9 cm³/mol. The number of aliphatic hydroxyl groups is 1. The quantitative estimate of drug-likeness (QED) is 0.676.